The summed E-state index contributed by atoms with van der Waals surface area (Å²) >= 11 is 1.74. The van der Waals surface area contributed by atoms with E-state index in [1.807, 2.05) is 23.7 Å². The monoisotopic (exact) mass is 357 g/mol. The zero-order valence-corrected chi connectivity index (χ0v) is 15.7. The van der Waals surface area contributed by atoms with E-state index in [1.165, 1.54) is 17.7 Å². The molecular weight excluding hydrogens is 330 g/mol. The highest BCUT2D eigenvalue weighted by atomic mass is 32.1. The zero-order chi connectivity index (χ0) is 17.3. The summed E-state index contributed by atoms with van der Waals surface area (Å²) in [4.78, 5) is 10.8. The van der Waals surface area contributed by atoms with Gasteiger partial charge < -0.3 is 5.11 Å². The highest BCUT2D eigenvalue weighted by Gasteiger charge is 2.46. The maximum Gasteiger partial charge on any atom is 0.108 e. The quantitative estimate of drug-likeness (QED) is 0.913. The lowest BCUT2D eigenvalue weighted by molar-refractivity contribution is -0.0958. The molecule has 1 N–H and O–H groups in total. The Kier molecular flexibility index (Phi) is 4.91. The molecule has 3 heterocycles. The van der Waals surface area contributed by atoms with Gasteiger partial charge in [0.15, 0.2) is 0 Å². The molecule has 1 aromatic heterocycles. The van der Waals surface area contributed by atoms with Crippen molar-refractivity contribution < 1.29 is 5.11 Å². The van der Waals surface area contributed by atoms with Crippen LogP contribution in [0.2, 0.25) is 0 Å². The number of aliphatic hydroxyl groups is 1. The van der Waals surface area contributed by atoms with Gasteiger partial charge in [0, 0.05) is 24.5 Å². The summed E-state index contributed by atoms with van der Waals surface area (Å²) in [6.07, 6.45) is 3.28. The first-order valence-electron chi connectivity index (χ1n) is 9.30. The Morgan fingerprint density at radius 3 is 2.64 bits per heavy atom. The number of likely N-dealkylation sites (tertiary alicyclic amines) is 2. The fourth-order valence-corrected chi connectivity index (χ4v) is 5.16. The van der Waals surface area contributed by atoms with Crippen LogP contribution >= 0.6 is 11.3 Å². The van der Waals surface area contributed by atoms with Crippen molar-refractivity contribution in [2.24, 2.45) is 0 Å². The minimum atomic E-state index is -0.745. The van der Waals surface area contributed by atoms with Crippen molar-refractivity contribution >= 4 is 11.3 Å². The predicted octanol–water partition coefficient (Wildman–Crippen LogP) is 3.01. The van der Waals surface area contributed by atoms with Crippen LogP contribution in [-0.2, 0) is 12.1 Å². The van der Waals surface area contributed by atoms with Gasteiger partial charge in [-0.1, -0.05) is 30.3 Å². The summed E-state index contributed by atoms with van der Waals surface area (Å²) in [7, 11) is 0. The van der Waals surface area contributed by atoms with Gasteiger partial charge in [0.05, 0.1) is 17.2 Å². The molecule has 0 saturated carbocycles. The minimum absolute atomic E-state index is 0.166. The van der Waals surface area contributed by atoms with Crippen LogP contribution in [0, 0.1) is 6.92 Å². The summed E-state index contributed by atoms with van der Waals surface area (Å²) in [5, 5.41) is 11.7. The maximum absolute atomic E-state index is 11.7. The number of benzene rings is 1. The van der Waals surface area contributed by atoms with E-state index in [2.05, 4.69) is 33.8 Å². The van der Waals surface area contributed by atoms with Gasteiger partial charge in [0.2, 0.25) is 0 Å². The van der Waals surface area contributed by atoms with E-state index in [1.54, 1.807) is 11.3 Å². The molecule has 2 aliphatic rings. The number of hydrogen-bond donors (Lipinski definition) is 1. The summed E-state index contributed by atoms with van der Waals surface area (Å²) < 4.78 is 0. The van der Waals surface area contributed by atoms with Crippen LogP contribution in [-0.4, -0.2) is 52.1 Å². The van der Waals surface area contributed by atoms with Crippen molar-refractivity contribution in [1.29, 1.82) is 0 Å². The van der Waals surface area contributed by atoms with Crippen molar-refractivity contribution in [3.05, 3.63) is 52.0 Å². The van der Waals surface area contributed by atoms with Gasteiger partial charge >= 0.3 is 0 Å². The van der Waals surface area contributed by atoms with Crippen molar-refractivity contribution in [3.8, 4) is 0 Å². The van der Waals surface area contributed by atoms with E-state index in [4.69, 9.17) is 0 Å². The smallest absolute Gasteiger partial charge is 0.108 e. The average molecular weight is 358 g/mol. The molecule has 0 radical (unpaired) electrons. The van der Waals surface area contributed by atoms with Crippen LogP contribution in [0.1, 0.15) is 35.4 Å². The molecule has 1 unspecified atom stereocenters. The lowest BCUT2D eigenvalue weighted by atomic mass is 9.79. The van der Waals surface area contributed by atoms with Crippen molar-refractivity contribution in [3.63, 3.8) is 0 Å². The molecular formula is C20H27N3OS. The summed E-state index contributed by atoms with van der Waals surface area (Å²) in [6.45, 7) is 7.09. The van der Waals surface area contributed by atoms with Crippen LogP contribution in [0.15, 0.2) is 35.8 Å². The lowest BCUT2D eigenvalue weighted by Crippen LogP contribution is -2.60. The Balaban J connectivity index is 1.58. The molecule has 0 amide bonds. The Bertz CT molecular complexity index is 698. The Morgan fingerprint density at radius 1 is 1.20 bits per heavy atom. The third-order valence-corrected chi connectivity index (χ3v) is 6.78. The predicted molar refractivity (Wildman–Crippen MR) is 102 cm³/mol. The van der Waals surface area contributed by atoms with Crippen LogP contribution in [0.5, 0.6) is 0 Å². The summed E-state index contributed by atoms with van der Waals surface area (Å²) in [5.41, 5.74) is 3.41. The maximum atomic E-state index is 11.7. The second-order valence-electron chi connectivity index (χ2n) is 7.40. The summed E-state index contributed by atoms with van der Waals surface area (Å²) in [6, 6.07) is 10.5. The number of rotatable bonds is 4. The van der Waals surface area contributed by atoms with Crippen molar-refractivity contribution in [2.45, 2.75) is 44.4 Å². The number of aryl methyl sites for hydroxylation is 1. The molecule has 2 aliphatic heterocycles. The van der Waals surface area contributed by atoms with E-state index in [9.17, 15) is 5.11 Å². The standard InChI is InChI=1S/C20H27N3OS/c1-16-18(25-15-21-16)13-22-12-9-20(24,17-7-3-2-4-8-17)19(14-22)23-10-5-6-11-23/h2-4,7-8,15,19,24H,5-6,9-14H2,1H3/t19-,20?/m1/s1. The molecule has 134 valence electrons. The van der Waals surface area contributed by atoms with Crippen molar-refractivity contribution in [1.82, 2.24) is 14.8 Å². The second-order valence-corrected chi connectivity index (χ2v) is 8.33. The fourth-order valence-electron chi connectivity index (χ4n) is 4.34. The number of piperidine rings is 1. The molecule has 0 spiro atoms. The van der Waals surface area contributed by atoms with E-state index < -0.39 is 5.60 Å². The molecule has 5 heteroatoms. The largest absolute Gasteiger partial charge is 0.383 e. The van der Waals surface area contributed by atoms with Gasteiger partial charge in [-0.15, -0.1) is 11.3 Å². The van der Waals surface area contributed by atoms with E-state index in [-0.39, 0.29) is 6.04 Å². The Morgan fingerprint density at radius 2 is 1.96 bits per heavy atom. The normalized spacial score (nSPS) is 28.5. The topological polar surface area (TPSA) is 39.6 Å². The molecule has 2 aromatic rings. The average Bonchev–Trinajstić information content (AvgIpc) is 3.30. The number of hydrogen-bond acceptors (Lipinski definition) is 5. The Labute approximate surface area is 154 Å². The molecule has 2 fully saturated rings. The van der Waals surface area contributed by atoms with Gasteiger partial charge in [-0.2, -0.15) is 0 Å². The molecule has 4 nitrogen and oxygen atoms in total. The van der Waals surface area contributed by atoms with Crippen LogP contribution in [0.3, 0.4) is 0 Å². The minimum Gasteiger partial charge on any atom is -0.383 e. The molecule has 1 aromatic carbocycles. The zero-order valence-electron chi connectivity index (χ0n) is 14.9. The van der Waals surface area contributed by atoms with Crippen LogP contribution in [0.4, 0.5) is 0 Å². The molecule has 0 bridgehead atoms. The highest BCUT2D eigenvalue weighted by molar-refractivity contribution is 7.09. The number of aromatic nitrogens is 1. The number of thiazole rings is 1. The fraction of sp³-hybridized carbons (Fsp3) is 0.550. The molecule has 0 aliphatic carbocycles. The second kappa shape index (κ2) is 7.16. The van der Waals surface area contributed by atoms with Gasteiger partial charge in [-0.3, -0.25) is 9.80 Å². The SMILES string of the molecule is Cc1ncsc1CN1CCC(O)(c2ccccc2)[C@H](N2CCCC2)C1. The first-order chi connectivity index (χ1) is 12.2. The van der Waals surface area contributed by atoms with Crippen LogP contribution in [0.25, 0.3) is 0 Å². The van der Waals surface area contributed by atoms with E-state index >= 15 is 0 Å². The third-order valence-electron chi connectivity index (χ3n) is 5.86. The van der Waals surface area contributed by atoms with Crippen LogP contribution < -0.4 is 0 Å². The third kappa shape index (κ3) is 3.38. The molecule has 2 atom stereocenters. The number of nitrogens with zero attached hydrogens (tertiary/aromatic N) is 3. The Hall–Kier alpha value is -1.27. The van der Waals surface area contributed by atoms with Gasteiger partial charge in [-0.25, -0.2) is 4.98 Å². The molecule has 4 rings (SSSR count). The highest BCUT2D eigenvalue weighted by Crippen LogP contribution is 2.37. The molecule has 25 heavy (non-hydrogen) atoms. The first kappa shape index (κ1) is 17.2. The summed E-state index contributed by atoms with van der Waals surface area (Å²) in [5.74, 6) is 0. The van der Waals surface area contributed by atoms with Gasteiger partial charge in [-0.05, 0) is 44.8 Å². The van der Waals surface area contributed by atoms with Gasteiger partial charge in [0.25, 0.3) is 0 Å². The first-order valence-corrected chi connectivity index (χ1v) is 10.2. The van der Waals surface area contributed by atoms with Crippen molar-refractivity contribution in [2.75, 3.05) is 26.2 Å². The molecule has 2 saturated heterocycles. The lowest BCUT2D eigenvalue weighted by Gasteiger charge is -2.48. The van der Waals surface area contributed by atoms with E-state index in [0.29, 0.717) is 0 Å². The van der Waals surface area contributed by atoms with E-state index in [0.717, 1.165) is 50.4 Å². The van der Waals surface area contributed by atoms with Gasteiger partial charge in [0.1, 0.15) is 5.60 Å².